The van der Waals surface area contributed by atoms with Gasteiger partial charge in [0.1, 0.15) is 0 Å². The first kappa shape index (κ1) is 27.0. The first-order valence-electron chi connectivity index (χ1n) is 15.0. The minimum absolute atomic E-state index is 0.698. The van der Waals surface area contributed by atoms with Crippen molar-refractivity contribution in [1.82, 2.24) is 9.97 Å². The standard InChI is InChI=1S/C42H27ClN2/c43-33-23-21-30(22-24-33)39-26-32(25-31-14-5-7-18-36(31)39)40-27-41(37-19-9-8-16-34(37)28-11-2-1-3-12-28)45-42(44-40)38-20-10-15-29-13-4-6-17-35(29)38/h1-27H. The molecule has 0 spiro atoms. The van der Waals surface area contributed by atoms with Gasteiger partial charge in [-0.15, -0.1) is 0 Å². The summed E-state index contributed by atoms with van der Waals surface area (Å²) in [5.74, 6) is 0.698. The number of nitrogens with zero attached hydrogens (tertiary/aromatic N) is 2. The van der Waals surface area contributed by atoms with Gasteiger partial charge in [-0.25, -0.2) is 9.97 Å². The van der Waals surface area contributed by atoms with Crippen molar-refractivity contribution < 1.29 is 0 Å². The van der Waals surface area contributed by atoms with Gasteiger partial charge >= 0.3 is 0 Å². The zero-order valence-electron chi connectivity index (χ0n) is 24.4. The van der Waals surface area contributed by atoms with Crippen LogP contribution in [0, 0.1) is 0 Å². The largest absolute Gasteiger partial charge is 0.228 e. The number of rotatable bonds is 5. The van der Waals surface area contributed by atoms with Crippen LogP contribution in [0.3, 0.4) is 0 Å². The maximum atomic E-state index is 6.28. The molecule has 0 saturated heterocycles. The van der Waals surface area contributed by atoms with Gasteiger partial charge in [0, 0.05) is 21.7 Å². The first-order valence-corrected chi connectivity index (χ1v) is 15.4. The lowest BCUT2D eigenvalue weighted by Crippen LogP contribution is -1.98. The summed E-state index contributed by atoms with van der Waals surface area (Å²) in [6.07, 6.45) is 0. The van der Waals surface area contributed by atoms with Gasteiger partial charge in [0.2, 0.25) is 0 Å². The Morgan fingerprint density at radius 1 is 0.356 bits per heavy atom. The van der Waals surface area contributed by atoms with Crippen molar-refractivity contribution in [2.75, 3.05) is 0 Å². The van der Waals surface area contributed by atoms with Crippen molar-refractivity contribution in [2.24, 2.45) is 0 Å². The van der Waals surface area contributed by atoms with E-state index in [9.17, 15) is 0 Å². The number of fused-ring (bicyclic) bond motifs is 2. The summed E-state index contributed by atoms with van der Waals surface area (Å²) < 4.78 is 0. The van der Waals surface area contributed by atoms with E-state index in [0.717, 1.165) is 71.5 Å². The molecular weight excluding hydrogens is 568 g/mol. The third-order valence-electron chi connectivity index (χ3n) is 8.36. The molecule has 2 nitrogen and oxygen atoms in total. The third kappa shape index (κ3) is 5.16. The van der Waals surface area contributed by atoms with Crippen LogP contribution in [0.1, 0.15) is 0 Å². The molecule has 1 aromatic heterocycles. The van der Waals surface area contributed by atoms with E-state index in [1.54, 1.807) is 0 Å². The maximum Gasteiger partial charge on any atom is 0.161 e. The van der Waals surface area contributed by atoms with Crippen LogP contribution < -0.4 is 0 Å². The molecule has 0 aliphatic rings. The molecule has 0 atom stereocenters. The van der Waals surface area contributed by atoms with Crippen LogP contribution in [0.4, 0.5) is 0 Å². The number of hydrogen-bond donors (Lipinski definition) is 0. The quantitative estimate of drug-likeness (QED) is 0.198. The molecule has 8 rings (SSSR count). The Morgan fingerprint density at radius 2 is 0.933 bits per heavy atom. The van der Waals surface area contributed by atoms with Crippen molar-refractivity contribution in [3.05, 3.63) is 169 Å². The minimum atomic E-state index is 0.698. The topological polar surface area (TPSA) is 25.8 Å². The second-order valence-corrected chi connectivity index (χ2v) is 11.6. The predicted molar refractivity (Wildman–Crippen MR) is 189 cm³/mol. The van der Waals surface area contributed by atoms with Gasteiger partial charge in [-0.05, 0) is 74.1 Å². The van der Waals surface area contributed by atoms with E-state index in [2.05, 4.69) is 146 Å². The summed E-state index contributed by atoms with van der Waals surface area (Å²) in [5.41, 5.74) is 9.37. The van der Waals surface area contributed by atoms with Crippen LogP contribution in [0.5, 0.6) is 0 Å². The molecule has 0 fully saturated rings. The molecule has 1 heterocycles. The minimum Gasteiger partial charge on any atom is -0.228 e. The average Bonchev–Trinajstić information content (AvgIpc) is 3.11. The normalized spacial score (nSPS) is 11.2. The highest BCUT2D eigenvalue weighted by Gasteiger charge is 2.17. The molecule has 3 heteroatoms. The molecule has 0 amide bonds. The third-order valence-corrected chi connectivity index (χ3v) is 8.61. The average molecular weight is 595 g/mol. The molecule has 8 aromatic rings. The summed E-state index contributed by atoms with van der Waals surface area (Å²) in [5, 5.41) is 5.33. The molecule has 0 radical (unpaired) electrons. The van der Waals surface area contributed by atoms with Crippen molar-refractivity contribution in [3.63, 3.8) is 0 Å². The lowest BCUT2D eigenvalue weighted by molar-refractivity contribution is 1.19. The molecule has 7 aromatic carbocycles. The Kier molecular flexibility index (Phi) is 6.90. The molecule has 0 bridgehead atoms. The fourth-order valence-electron chi connectivity index (χ4n) is 6.18. The highest BCUT2D eigenvalue weighted by molar-refractivity contribution is 6.30. The summed E-state index contributed by atoms with van der Waals surface area (Å²) in [6, 6.07) is 56.9. The second-order valence-electron chi connectivity index (χ2n) is 11.2. The van der Waals surface area contributed by atoms with Gasteiger partial charge in [0.15, 0.2) is 5.82 Å². The van der Waals surface area contributed by atoms with Crippen LogP contribution in [-0.4, -0.2) is 9.97 Å². The molecule has 0 aliphatic carbocycles. The molecular formula is C42H27ClN2. The molecule has 0 N–H and O–H groups in total. The van der Waals surface area contributed by atoms with E-state index in [4.69, 9.17) is 21.6 Å². The molecule has 0 aliphatic heterocycles. The predicted octanol–water partition coefficient (Wildman–Crippen LogP) is 11.8. The maximum absolute atomic E-state index is 6.28. The van der Waals surface area contributed by atoms with Gasteiger partial charge in [-0.3, -0.25) is 0 Å². The van der Waals surface area contributed by atoms with Gasteiger partial charge in [-0.2, -0.15) is 0 Å². The Morgan fingerprint density at radius 3 is 1.73 bits per heavy atom. The summed E-state index contributed by atoms with van der Waals surface area (Å²) >= 11 is 6.28. The highest BCUT2D eigenvalue weighted by Crippen LogP contribution is 2.38. The summed E-state index contributed by atoms with van der Waals surface area (Å²) in [6.45, 7) is 0. The number of aromatic nitrogens is 2. The van der Waals surface area contributed by atoms with E-state index in [0.29, 0.717) is 5.82 Å². The first-order chi connectivity index (χ1) is 22.2. The van der Waals surface area contributed by atoms with E-state index in [-0.39, 0.29) is 0 Å². The lowest BCUT2D eigenvalue weighted by atomic mass is 9.93. The van der Waals surface area contributed by atoms with Crippen LogP contribution in [0.2, 0.25) is 5.02 Å². The Labute approximate surface area is 267 Å². The smallest absolute Gasteiger partial charge is 0.161 e. The van der Waals surface area contributed by atoms with Crippen molar-refractivity contribution in [3.8, 4) is 56.2 Å². The van der Waals surface area contributed by atoms with Crippen molar-refractivity contribution in [2.45, 2.75) is 0 Å². The zero-order valence-corrected chi connectivity index (χ0v) is 25.1. The Balaban J connectivity index is 1.41. The second kappa shape index (κ2) is 11.5. The number of benzene rings is 7. The Hall–Kier alpha value is -5.57. The molecule has 45 heavy (non-hydrogen) atoms. The lowest BCUT2D eigenvalue weighted by Gasteiger charge is -2.15. The van der Waals surface area contributed by atoms with E-state index in [1.165, 1.54) is 5.39 Å². The highest BCUT2D eigenvalue weighted by atomic mass is 35.5. The molecule has 0 unspecified atom stereocenters. The number of hydrogen-bond acceptors (Lipinski definition) is 2. The summed E-state index contributed by atoms with van der Waals surface area (Å²) in [7, 11) is 0. The van der Waals surface area contributed by atoms with Crippen molar-refractivity contribution >= 4 is 33.1 Å². The fourth-order valence-corrected chi connectivity index (χ4v) is 6.30. The molecule has 212 valence electrons. The molecule has 0 saturated carbocycles. The number of halogens is 1. The van der Waals surface area contributed by atoms with Crippen molar-refractivity contribution in [1.29, 1.82) is 0 Å². The monoisotopic (exact) mass is 594 g/mol. The van der Waals surface area contributed by atoms with E-state index < -0.39 is 0 Å². The van der Waals surface area contributed by atoms with E-state index >= 15 is 0 Å². The van der Waals surface area contributed by atoms with E-state index in [1.807, 2.05) is 18.2 Å². The van der Waals surface area contributed by atoms with Gasteiger partial charge < -0.3 is 0 Å². The van der Waals surface area contributed by atoms with Crippen LogP contribution >= 0.6 is 11.6 Å². The van der Waals surface area contributed by atoms with Gasteiger partial charge in [0.05, 0.1) is 11.4 Å². The zero-order chi connectivity index (χ0) is 30.2. The summed E-state index contributed by atoms with van der Waals surface area (Å²) in [4.78, 5) is 10.5. The van der Waals surface area contributed by atoms with Crippen LogP contribution in [0.25, 0.3) is 77.7 Å². The van der Waals surface area contributed by atoms with Gasteiger partial charge in [0.25, 0.3) is 0 Å². The van der Waals surface area contributed by atoms with Gasteiger partial charge in [-0.1, -0.05) is 145 Å². The Bertz CT molecular complexity index is 2320. The fraction of sp³-hybridized carbons (Fsp3) is 0. The SMILES string of the molecule is Clc1ccc(-c2cc(-c3cc(-c4ccccc4-c4ccccc4)nc(-c4cccc5ccccc45)n3)cc3ccccc23)cc1. The van der Waals surface area contributed by atoms with Crippen LogP contribution in [-0.2, 0) is 0 Å². The van der Waals surface area contributed by atoms with Crippen LogP contribution in [0.15, 0.2) is 164 Å².